The number of nitrogens with one attached hydrogen (secondary N) is 1. The van der Waals surface area contributed by atoms with Crippen LogP contribution >= 0.6 is 11.8 Å². The van der Waals surface area contributed by atoms with Crippen LogP contribution in [-0.4, -0.2) is 37.3 Å². The predicted octanol–water partition coefficient (Wildman–Crippen LogP) is 4.58. The Bertz CT molecular complexity index is 817. The maximum Gasteiger partial charge on any atom is 0.318 e. The number of carbonyl (C=O) groups is 2. The highest BCUT2D eigenvalue weighted by atomic mass is 32.2. The van der Waals surface area contributed by atoms with Gasteiger partial charge in [0.2, 0.25) is 0 Å². The second-order valence-corrected chi connectivity index (χ2v) is 8.21. The highest BCUT2D eigenvalue weighted by Gasteiger charge is 2.19. The van der Waals surface area contributed by atoms with Gasteiger partial charge in [-0.25, -0.2) is 0 Å². The number of ether oxygens (including phenoxy) is 1. The van der Waals surface area contributed by atoms with Crippen LogP contribution in [0, 0.1) is 0 Å². The number of nitrogens with zero attached hydrogens (tertiary/aromatic N) is 1. The Morgan fingerprint density at radius 1 is 1.04 bits per heavy atom. The molecule has 148 valence electrons. The van der Waals surface area contributed by atoms with Crippen molar-refractivity contribution in [1.82, 2.24) is 0 Å². The normalized spacial score (nSPS) is 15.0. The van der Waals surface area contributed by atoms with Gasteiger partial charge in [0.1, 0.15) is 5.25 Å². The van der Waals surface area contributed by atoms with Gasteiger partial charge in [0.05, 0.1) is 12.7 Å². The summed E-state index contributed by atoms with van der Waals surface area (Å²) in [7, 11) is 1.37. The fourth-order valence-corrected chi connectivity index (χ4v) is 4.29. The number of hydrogen-bond donors (Lipinski definition) is 1. The zero-order valence-electron chi connectivity index (χ0n) is 16.3. The van der Waals surface area contributed by atoms with Gasteiger partial charge in [-0.3, -0.25) is 9.59 Å². The Kier molecular flexibility index (Phi) is 6.98. The average Bonchev–Trinajstić information content (AvgIpc) is 2.74. The molecular weight excluding hydrogens is 372 g/mol. The van der Waals surface area contributed by atoms with Gasteiger partial charge >= 0.3 is 5.97 Å². The summed E-state index contributed by atoms with van der Waals surface area (Å²) in [6.45, 7) is 3.95. The molecular formula is C22H26N2O3S. The van der Waals surface area contributed by atoms with Crippen LogP contribution in [0.25, 0.3) is 0 Å². The molecule has 0 bridgehead atoms. The molecule has 1 fully saturated rings. The Labute approximate surface area is 170 Å². The van der Waals surface area contributed by atoms with Crippen LogP contribution in [-0.2, 0) is 9.53 Å². The highest BCUT2D eigenvalue weighted by Crippen LogP contribution is 2.28. The lowest BCUT2D eigenvalue weighted by Crippen LogP contribution is -2.29. The van der Waals surface area contributed by atoms with E-state index in [1.807, 2.05) is 30.3 Å². The second kappa shape index (κ2) is 9.64. The molecule has 28 heavy (non-hydrogen) atoms. The zero-order valence-corrected chi connectivity index (χ0v) is 17.1. The monoisotopic (exact) mass is 398 g/mol. The van der Waals surface area contributed by atoms with E-state index in [0.717, 1.165) is 23.7 Å². The molecule has 1 unspecified atom stereocenters. The highest BCUT2D eigenvalue weighted by molar-refractivity contribution is 8.00. The fourth-order valence-electron chi connectivity index (χ4n) is 3.27. The van der Waals surface area contributed by atoms with E-state index in [9.17, 15) is 9.59 Å². The first-order valence-corrected chi connectivity index (χ1v) is 10.5. The minimum Gasteiger partial charge on any atom is -0.468 e. The summed E-state index contributed by atoms with van der Waals surface area (Å²) in [6, 6.07) is 15.3. The first-order chi connectivity index (χ1) is 13.6. The van der Waals surface area contributed by atoms with E-state index < -0.39 is 0 Å². The van der Waals surface area contributed by atoms with Gasteiger partial charge in [-0.15, -0.1) is 11.8 Å². The molecule has 0 saturated carbocycles. The van der Waals surface area contributed by atoms with Crippen LogP contribution < -0.4 is 10.2 Å². The van der Waals surface area contributed by atoms with E-state index >= 15 is 0 Å². The molecule has 1 amide bonds. The van der Waals surface area contributed by atoms with Crippen molar-refractivity contribution in [2.75, 3.05) is 30.4 Å². The van der Waals surface area contributed by atoms with Gasteiger partial charge in [0.25, 0.3) is 5.91 Å². The number of esters is 1. The number of piperidine rings is 1. The zero-order chi connectivity index (χ0) is 19.9. The maximum absolute atomic E-state index is 12.8. The number of benzene rings is 2. The van der Waals surface area contributed by atoms with Crippen molar-refractivity contribution in [2.24, 2.45) is 0 Å². The van der Waals surface area contributed by atoms with E-state index in [0.29, 0.717) is 5.56 Å². The van der Waals surface area contributed by atoms with Crippen molar-refractivity contribution >= 4 is 35.0 Å². The number of anilines is 2. The standard InChI is InChI=1S/C22H26N2O3S/c1-16(22(26)27-2)28-20-9-5-4-8-19(20)21(25)23-17-10-12-18(13-11-17)24-14-6-3-7-15-24/h4-5,8-13,16H,3,6-7,14-15H2,1-2H3,(H,23,25). The van der Waals surface area contributed by atoms with Gasteiger partial charge in [-0.1, -0.05) is 12.1 Å². The average molecular weight is 399 g/mol. The minimum absolute atomic E-state index is 0.189. The molecule has 1 aliphatic heterocycles. The van der Waals surface area contributed by atoms with Crippen molar-refractivity contribution in [1.29, 1.82) is 0 Å². The lowest BCUT2D eigenvalue weighted by molar-refractivity contribution is -0.139. The summed E-state index contributed by atoms with van der Waals surface area (Å²) in [6.07, 6.45) is 3.77. The second-order valence-electron chi connectivity index (χ2n) is 6.83. The van der Waals surface area contributed by atoms with Crippen molar-refractivity contribution < 1.29 is 14.3 Å². The summed E-state index contributed by atoms with van der Waals surface area (Å²) in [5.74, 6) is -0.501. The predicted molar refractivity (Wildman–Crippen MR) is 114 cm³/mol. The Morgan fingerprint density at radius 2 is 1.71 bits per heavy atom. The number of methoxy groups -OCH3 is 1. The van der Waals surface area contributed by atoms with Crippen LogP contribution in [0.4, 0.5) is 11.4 Å². The minimum atomic E-state index is -0.386. The maximum atomic E-state index is 12.8. The van der Waals surface area contributed by atoms with Crippen LogP contribution in [0.3, 0.4) is 0 Å². The van der Waals surface area contributed by atoms with E-state index in [-0.39, 0.29) is 17.1 Å². The van der Waals surface area contributed by atoms with Crippen LogP contribution in [0.15, 0.2) is 53.4 Å². The molecule has 2 aromatic carbocycles. The van der Waals surface area contributed by atoms with Crippen LogP contribution in [0.5, 0.6) is 0 Å². The SMILES string of the molecule is COC(=O)C(C)Sc1ccccc1C(=O)Nc1ccc(N2CCCCC2)cc1. The van der Waals surface area contributed by atoms with E-state index in [1.165, 1.54) is 43.8 Å². The third kappa shape index (κ3) is 5.07. The lowest BCUT2D eigenvalue weighted by Gasteiger charge is -2.28. The topological polar surface area (TPSA) is 58.6 Å². The quantitative estimate of drug-likeness (QED) is 0.570. The molecule has 1 heterocycles. The van der Waals surface area contributed by atoms with Gasteiger partial charge < -0.3 is 15.0 Å². The largest absolute Gasteiger partial charge is 0.468 e. The number of amides is 1. The van der Waals surface area contributed by atoms with E-state index in [4.69, 9.17) is 4.74 Å². The number of carbonyl (C=O) groups excluding carboxylic acids is 2. The third-order valence-electron chi connectivity index (χ3n) is 4.81. The Morgan fingerprint density at radius 3 is 2.39 bits per heavy atom. The molecule has 2 aromatic rings. The summed E-state index contributed by atoms with van der Waals surface area (Å²) >= 11 is 1.32. The first kappa shape index (κ1) is 20.3. The fraction of sp³-hybridized carbons (Fsp3) is 0.364. The third-order valence-corrected chi connectivity index (χ3v) is 5.97. The Hall–Kier alpha value is -2.47. The molecule has 0 aromatic heterocycles. The van der Waals surface area contributed by atoms with Gasteiger partial charge in [0.15, 0.2) is 0 Å². The molecule has 1 N–H and O–H groups in total. The molecule has 0 spiro atoms. The van der Waals surface area contributed by atoms with Crippen molar-refractivity contribution in [3.63, 3.8) is 0 Å². The first-order valence-electron chi connectivity index (χ1n) is 9.58. The van der Waals surface area contributed by atoms with Crippen LogP contribution in [0.2, 0.25) is 0 Å². The van der Waals surface area contributed by atoms with Gasteiger partial charge in [-0.05, 0) is 62.6 Å². The summed E-state index contributed by atoms with van der Waals surface area (Å²) in [5.41, 5.74) is 2.50. The van der Waals surface area contributed by atoms with Gasteiger partial charge in [0, 0.05) is 29.4 Å². The number of rotatable bonds is 6. The van der Waals surface area contributed by atoms with Crippen molar-refractivity contribution in [3.8, 4) is 0 Å². The summed E-state index contributed by atoms with van der Waals surface area (Å²) < 4.78 is 4.78. The molecule has 3 rings (SSSR count). The van der Waals surface area contributed by atoms with Crippen molar-refractivity contribution in [2.45, 2.75) is 36.3 Å². The Balaban J connectivity index is 1.68. The number of thioether (sulfide) groups is 1. The van der Waals surface area contributed by atoms with Crippen molar-refractivity contribution in [3.05, 3.63) is 54.1 Å². The summed E-state index contributed by atoms with van der Waals surface area (Å²) in [4.78, 5) is 27.6. The molecule has 1 saturated heterocycles. The smallest absolute Gasteiger partial charge is 0.318 e. The molecule has 5 nitrogen and oxygen atoms in total. The van der Waals surface area contributed by atoms with Gasteiger partial charge in [-0.2, -0.15) is 0 Å². The summed E-state index contributed by atoms with van der Waals surface area (Å²) in [5, 5.41) is 2.57. The lowest BCUT2D eigenvalue weighted by atomic mass is 10.1. The molecule has 0 aliphatic carbocycles. The molecule has 1 atom stereocenters. The molecule has 0 radical (unpaired) electrons. The van der Waals surface area contributed by atoms with E-state index in [1.54, 1.807) is 13.0 Å². The number of hydrogen-bond acceptors (Lipinski definition) is 5. The molecule has 6 heteroatoms. The van der Waals surface area contributed by atoms with Crippen LogP contribution in [0.1, 0.15) is 36.5 Å². The van der Waals surface area contributed by atoms with E-state index in [2.05, 4.69) is 22.3 Å². The molecule has 1 aliphatic rings.